The van der Waals surface area contributed by atoms with Crippen LogP contribution in [-0.4, -0.2) is 26.8 Å². The van der Waals surface area contributed by atoms with Gasteiger partial charge in [0, 0.05) is 18.5 Å². The van der Waals surface area contributed by atoms with Gasteiger partial charge in [0.1, 0.15) is 0 Å². The monoisotopic (exact) mass is 275 g/mol. The van der Waals surface area contributed by atoms with Crippen LogP contribution < -0.4 is 5.32 Å². The van der Waals surface area contributed by atoms with Crippen molar-refractivity contribution in [2.24, 2.45) is 0 Å². The molecule has 17 heavy (non-hydrogen) atoms. The minimum absolute atomic E-state index is 0.805. The van der Waals surface area contributed by atoms with Crippen LogP contribution in [0.25, 0.3) is 0 Å². The highest BCUT2D eigenvalue weighted by molar-refractivity contribution is 7.16. The molecule has 0 bridgehead atoms. The van der Waals surface area contributed by atoms with Gasteiger partial charge < -0.3 is 10.1 Å². The maximum Gasteiger partial charge on any atom is 0.0931 e. The minimum Gasteiger partial charge on any atom is -0.383 e. The lowest BCUT2D eigenvalue weighted by Gasteiger charge is -2.03. The van der Waals surface area contributed by atoms with Gasteiger partial charge in [-0.1, -0.05) is 24.4 Å². The number of hydrogen-bond acceptors (Lipinski definition) is 3. The Bertz CT molecular complexity index is 291. The fourth-order valence-corrected chi connectivity index (χ4v) is 2.82. The minimum atomic E-state index is 0.805. The second-order valence-electron chi connectivity index (χ2n) is 4.11. The van der Waals surface area contributed by atoms with Crippen molar-refractivity contribution in [3.8, 4) is 0 Å². The number of hydrogen-bond donors (Lipinski definition) is 1. The predicted octanol–water partition coefficient (Wildman–Crippen LogP) is 3.74. The Morgan fingerprint density at radius 1 is 1.18 bits per heavy atom. The summed E-state index contributed by atoms with van der Waals surface area (Å²) in [6.07, 6.45) is 6.32. The van der Waals surface area contributed by atoms with E-state index in [-0.39, 0.29) is 0 Å². The summed E-state index contributed by atoms with van der Waals surface area (Å²) in [6, 6.07) is 4.13. The van der Waals surface area contributed by atoms with E-state index in [1.54, 1.807) is 18.4 Å². The molecular weight excluding hydrogens is 254 g/mol. The predicted molar refractivity (Wildman–Crippen MR) is 76.2 cm³/mol. The zero-order valence-electron chi connectivity index (χ0n) is 10.5. The van der Waals surface area contributed by atoms with Crippen LogP contribution in [0.2, 0.25) is 4.34 Å². The Morgan fingerprint density at radius 2 is 2.00 bits per heavy atom. The van der Waals surface area contributed by atoms with Gasteiger partial charge >= 0.3 is 0 Å². The third-order valence-corrected chi connectivity index (χ3v) is 3.93. The van der Waals surface area contributed by atoms with E-state index in [0.717, 1.165) is 24.0 Å². The Balaban J connectivity index is 1.84. The van der Waals surface area contributed by atoms with Crippen LogP contribution in [-0.2, 0) is 11.2 Å². The molecule has 0 saturated heterocycles. The third kappa shape index (κ3) is 7.77. The van der Waals surface area contributed by atoms with Crippen LogP contribution in [0.15, 0.2) is 12.1 Å². The standard InChI is InChI=1S/C13H22ClNOS/c1-16-11-10-15-9-5-3-2-4-6-12-7-8-13(14)17-12/h7-8,15H,2-6,9-11H2,1H3. The average molecular weight is 276 g/mol. The van der Waals surface area contributed by atoms with Gasteiger partial charge in [0.25, 0.3) is 0 Å². The number of ether oxygens (including phenoxy) is 1. The highest BCUT2D eigenvalue weighted by atomic mass is 35.5. The quantitative estimate of drug-likeness (QED) is 0.657. The van der Waals surface area contributed by atoms with Gasteiger partial charge in [-0.15, -0.1) is 11.3 Å². The first-order chi connectivity index (χ1) is 8.33. The molecule has 1 aromatic rings. The highest BCUT2D eigenvalue weighted by Gasteiger charge is 1.97. The Hall–Kier alpha value is -0.0900. The van der Waals surface area contributed by atoms with Crippen LogP contribution in [0, 0.1) is 0 Å². The number of aryl methyl sites for hydroxylation is 1. The van der Waals surface area contributed by atoms with Gasteiger partial charge in [-0.05, 0) is 37.9 Å². The number of rotatable bonds is 10. The van der Waals surface area contributed by atoms with E-state index in [1.165, 1.54) is 37.0 Å². The molecule has 0 aliphatic rings. The maximum atomic E-state index is 5.88. The van der Waals surface area contributed by atoms with Crippen molar-refractivity contribution >= 4 is 22.9 Å². The molecule has 4 heteroatoms. The van der Waals surface area contributed by atoms with Crippen molar-refractivity contribution in [2.45, 2.75) is 32.1 Å². The van der Waals surface area contributed by atoms with E-state index in [0.29, 0.717) is 0 Å². The number of unbranched alkanes of at least 4 members (excludes halogenated alkanes) is 3. The summed E-state index contributed by atoms with van der Waals surface area (Å²) in [5, 5.41) is 3.36. The van der Waals surface area contributed by atoms with Crippen LogP contribution in [0.1, 0.15) is 30.6 Å². The van der Waals surface area contributed by atoms with E-state index in [9.17, 15) is 0 Å². The zero-order valence-corrected chi connectivity index (χ0v) is 12.1. The average Bonchev–Trinajstić information content (AvgIpc) is 2.73. The maximum absolute atomic E-state index is 5.88. The van der Waals surface area contributed by atoms with Gasteiger partial charge in [-0.25, -0.2) is 0 Å². The summed E-state index contributed by atoms with van der Waals surface area (Å²) in [5.74, 6) is 0. The van der Waals surface area contributed by atoms with Crippen molar-refractivity contribution in [3.63, 3.8) is 0 Å². The van der Waals surface area contributed by atoms with Crippen LogP contribution in [0.5, 0.6) is 0 Å². The molecule has 0 saturated carbocycles. The zero-order chi connectivity index (χ0) is 12.3. The smallest absolute Gasteiger partial charge is 0.0931 e. The molecule has 1 N–H and O–H groups in total. The Labute approximate surface area is 113 Å². The fourth-order valence-electron chi connectivity index (χ4n) is 1.69. The van der Waals surface area contributed by atoms with Gasteiger partial charge in [-0.3, -0.25) is 0 Å². The molecule has 1 heterocycles. The molecule has 98 valence electrons. The highest BCUT2D eigenvalue weighted by Crippen LogP contribution is 2.23. The van der Waals surface area contributed by atoms with Crippen LogP contribution in [0.4, 0.5) is 0 Å². The Morgan fingerprint density at radius 3 is 2.71 bits per heavy atom. The molecule has 1 rings (SSSR count). The van der Waals surface area contributed by atoms with Gasteiger partial charge in [0.15, 0.2) is 0 Å². The molecule has 2 nitrogen and oxygen atoms in total. The topological polar surface area (TPSA) is 21.3 Å². The second-order valence-corrected chi connectivity index (χ2v) is 5.91. The van der Waals surface area contributed by atoms with Crippen molar-refractivity contribution in [3.05, 3.63) is 21.3 Å². The van der Waals surface area contributed by atoms with Crippen LogP contribution >= 0.6 is 22.9 Å². The normalized spacial score (nSPS) is 10.9. The number of thiophene rings is 1. The van der Waals surface area contributed by atoms with Crippen molar-refractivity contribution in [2.75, 3.05) is 26.8 Å². The summed E-state index contributed by atoms with van der Waals surface area (Å²) in [4.78, 5) is 1.41. The summed E-state index contributed by atoms with van der Waals surface area (Å²) in [6.45, 7) is 2.87. The second kappa shape index (κ2) is 9.89. The number of nitrogens with one attached hydrogen (secondary N) is 1. The van der Waals surface area contributed by atoms with E-state index < -0.39 is 0 Å². The molecule has 1 aromatic heterocycles. The van der Waals surface area contributed by atoms with Crippen molar-refractivity contribution < 1.29 is 4.74 Å². The first-order valence-corrected chi connectivity index (χ1v) is 7.46. The van der Waals surface area contributed by atoms with Crippen LogP contribution in [0.3, 0.4) is 0 Å². The number of methoxy groups -OCH3 is 1. The molecule has 0 amide bonds. The molecule has 0 fully saturated rings. The lowest BCUT2D eigenvalue weighted by Crippen LogP contribution is -2.20. The molecule has 0 atom stereocenters. The first-order valence-electron chi connectivity index (χ1n) is 6.27. The summed E-state index contributed by atoms with van der Waals surface area (Å²) in [7, 11) is 1.73. The molecule has 0 radical (unpaired) electrons. The van der Waals surface area contributed by atoms with Crippen molar-refractivity contribution in [1.82, 2.24) is 5.32 Å². The lowest BCUT2D eigenvalue weighted by atomic mass is 10.1. The summed E-state index contributed by atoms with van der Waals surface area (Å²) < 4.78 is 5.87. The molecule has 0 aromatic carbocycles. The van der Waals surface area contributed by atoms with E-state index >= 15 is 0 Å². The van der Waals surface area contributed by atoms with E-state index in [4.69, 9.17) is 16.3 Å². The third-order valence-electron chi connectivity index (χ3n) is 2.64. The molecule has 0 aliphatic heterocycles. The molecule has 0 unspecified atom stereocenters. The van der Waals surface area contributed by atoms with Gasteiger partial charge in [-0.2, -0.15) is 0 Å². The largest absolute Gasteiger partial charge is 0.383 e. The van der Waals surface area contributed by atoms with Crippen molar-refractivity contribution in [1.29, 1.82) is 0 Å². The summed E-state index contributed by atoms with van der Waals surface area (Å²) >= 11 is 7.59. The van der Waals surface area contributed by atoms with Gasteiger partial charge in [0.2, 0.25) is 0 Å². The van der Waals surface area contributed by atoms with E-state index in [2.05, 4.69) is 11.4 Å². The van der Waals surface area contributed by atoms with E-state index in [1.807, 2.05) is 6.07 Å². The molecule has 0 aliphatic carbocycles. The Kier molecular flexibility index (Phi) is 8.71. The fraction of sp³-hybridized carbons (Fsp3) is 0.692. The molecular formula is C13H22ClNOS. The summed E-state index contributed by atoms with van der Waals surface area (Å²) in [5.41, 5.74) is 0. The molecule has 0 spiro atoms. The van der Waals surface area contributed by atoms with Gasteiger partial charge in [0.05, 0.1) is 10.9 Å². The lowest BCUT2D eigenvalue weighted by molar-refractivity contribution is 0.199. The number of halogens is 1. The SMILES string of the molecule is COCCNCCCCCCc1ccc(Cl)s1. The first kappa shape index (κ1) is 15.0.